The average molecular weight is 585 g/mol. The summed E-state index contributed by atoms with van der Waals surface area (Å²) in [6.07, 6.45) is 15.5. The summed E-state index contributed by atoms with van der Waals surface area (Å²) >= 11 is 0. The van der Waals surface area contributed by atoms with Crippen LogP contribution in [0.4, 0.5) is 21.6 Å². The summed E-state index contributed by atoms with van der Waals surface area (Å²) in [7, 11) is 0. The highest BCUT2D eigenvalue weighted by Crippen LogP contribution is 2.52. The molecule has 5 nitrogen and oxygen atoms in total. The van der Waals surface area contributed by atoms with Gasteiger partial charge in [-0.25, -0.2) is 9.37 Å². The van der Waals surface area contributed by atoms with Crippen molar-refractivity contribution in [3.63, 3.8) is 0 Å². The van der Waals surface area contributed by atoms with Crippen LogP contribution in [0.15, 0.2) is 65.6 Å². The largest absolute Gasteiger partial charge is 0.338 e. The van der Waals surface area contributed by atoms with Crippen LogP contribution in [0.2, 0.25) is 0 Å². The topological polar surface area (TPSA) is 57.6 Å². The van der Waals surface area contributed by atoms with Gasteiger partial charge in [-0.05, 0) is 81.7 Å². The molecule has 1 N–H and O–H groups in total. The maximum absolute atomic E-state index is 14.7. The van der Waals surface area contributed by atoms with Gasteiger partial charge in [-0.3, -0.25) is 9.79 Å². The van der Waals surface area contributed by atoms with Crippen LogP contribution in [0, 0.1) is 12.8 Å². The van der Waals surface area contributed by atoms with Crippen molar-refractivity contribution in [2.24, 2.45) is 10.9 Å². The van der Waals surface area contributed by atoms with Gasteiger partial charge in [0.25, 0.3) is 0 Å². The lowest BCUT2D eigenvalue weighted by Crippen LogP contribution is -2.50. The van der Waals surface area contributed by atoms with E-state index in [9.17, 15) is 9.18 Å². The number of aliphatic imine (C=N–C) groups is 1. The molecular formula is C37H49FN4O. The third-order valence-corrected chi connectivity index (χ3v) is 9.00. The van der Waals surface area contributed by atoms with Crippen molar-refractivity contribution in [3.05, 3.63) is 71.7 Å². The van der Waals surface area contributed by atoms with Gasteiger partial charge < -0.3 is 10.2 Å². The van der Waals surface area contributed by atoms with Crippen molar-refractivity contribution < 1.29 is 9.18 Å². The van der Waals surface area contributed by atoms with Crippen molar-refractivity contribution in [3.8, 4) is 11.3 Å². The summed E-state index contributed by atoms with van der Waals surface area (Å²) < 4.78 is 14.7. The van der Waals surface area contributed by atoms with Crippen LogP contribution >= 0.6 is 0 Å². The number of nitrogens with one attached hydrogen (secondary N) is 1. The molecule has 230 valence electrons. The molecule has 1 aromatic heterocycles. The van der Waals surface area contributed by atoms with Crippen LogP contribution in [-0.4, -0.2) is 23.1 Å². The number of hydrogen-bond donors (Lipinski definition) is 1. The van der Waals surface area contributed by atoms with Crippen molar-refractivity contribution in [1.82, 2.24) is 4.98 Å². The lowest BCUT2D eigenvalue weighted by Gasteiger charge is -2.42. The molecule has 0 atom stereocenters. The first-order valence-electron chi connectivity index (χ1n) is 16.2. The highest BCUT2D eigenvalue weighted by atomic mass is 19.1. The van der Waals surface area contributed by atoms with E-state index in [0.717, 1.165) is 78.7 Å². The molecule has 6 heteroatoms. The number of halogens is 1. The van der Waals surface area contributed by atoms with E-state index in [4.69, 9.17) is 9.98 Å². The number of amides is 1. The normalized spacial score (nSPS) is 20.0. The Kier molecular flexibility index (Phi) is 10.8. The molecule has 2 aliphatic rings. The molecule has 1 fully saturated rings. The molecule has 1 aliphatic heterocycles. The average Bonchev–Trinajstić information content (AvgIpc) is 3.21. The molecule has 1 aromatic carbocycles. The van der Waals surface area contributed by atoms with Crippen LogP contribution in [0.1, 0.15) is 104 Å². The zero-order chi connectivity index (χ0) is 31.1. The zero-order valence-electron chi connectivity index (χ0n) is 27.0. The molecular weight excluding hydrogens is 535 g/mol. The van der Waals surface area contributed by atoms with E-state index in [0.29, 0.717) is 11.7 Å². The number of rotatable bonds is 14. The maximum atomic E-state index is 14.7. The lowest BCUT2D eigenvalue weighted by molar-refractivity contribution is -0.124. The standard InChI is InChI=1S/C37H49FN4O/c1-8-14-26-21-28(22-26)42-34-23-27(16-17-29(34)37(18-10-3,19-11-4)36(42)43)33-24-32(39-20-12-5)25(7)35(41-33)40-31(15-9-2)30(38)13-6/h9,13,15-17,20,23-24,26,28H,6,8,10-12,14,18-19,21-22H2,1-5,7H3,(H,40,41)/b15-9-,31-30-,39-20?. The van der Waals surface area contributed by atoms with E-state index in [2.05, 4.69) is 55.8 Å². The smallest absolute Gasteiger partial charge is 0.237 e. The Balaban J connectivity index is 1.86. The van der Waals surface area contributed by atoms with Crippen molar-refractivity contribution in [1.29, 1.82) is 0 Å². The number of benzene rings is 1. The predicted molar refractivity (Wildman–Crippen MR) is 180 cm³/mol. The Morgan fingerprint density at radius 3 is 2.49 bits per heavy atom. The molecule has 0 saturated heterocycles. The second-order valence-corrected chi connectivity index (χ2v) is 12.1. The minimum Gasteiger partial charge on any atom is -0.338 e. The van der Waals surface area contributed by atoms with Gasteiger partial charge in [0.05, 0.1) is 22.5 Å². The van der Waals surface area contributed by atoms with E-state index in [1.54, 1.807) is 12.2 Å². The number of carbonyl (C=O) groups is 1. The fourth-order valence-corrected chi connectivity index (χ4v) is 6.90. The van der Waals surface area contributed by atoms with E-state index in [1.807, 2.05) is 33.1 Å². The number of nitrogens with zero attached hydrogens (tertiary/aromatic N) is 3. The number of aromatic nitrogens is 1. The molecule has 4 rings (SSSR count). The van der Waals surface area contributed by atoms with Crippen LogP contribution in [0.3, 0.4) is 0 Å². The van der Waals surface area contributed by atoms with Gasteiger partial charge in [-0.1, -0.05) is 78.2 Å². The summed E-state index contributed by atoms with van der Waals surface area (Å²) in [5.74, 6) is 1.05. The summed E-state index contributed by atoms with van der Waals surface area (Å²) in [5.41, 5.74) is 5.26. The maximum Gasteiger partial charge on any atom is 0.237 e. The molecule has 0 radical (unpaired) electrons. The van der Waals surface area contributed by atoms with Gasteiger partial charge in [-0.15, -0.1) is 0 Å². The molecule has 0 unspecified atom stereocenters. The lowest BCUT2D eigenvalue weighted by atomic mass is 9.73. The number of fused-ring (bicyclic) bond motifs is 1. The molecule has 0 bridgehead atoms. The van der Waals surface area contributed by atoms with Crippen LogP contribution in [-0.2, 0) is 10.2 Å². The highest BCUT2D eigenvalue weighted by Gasteiger charge is 2.53. The first-order chi connectivity index (χ1) is 20.8. The quantitative estimate of drug-likeness (QED) is 0.177. The van der Waals surface area contributed by atoms with Gasteiger partial charge in [0.1, 0.15) is 11.6 Å². The number of anilines is 2. The zero-order valence-corrected chi connectivity index (χ0v) is 27.0. The Morgan fingerprint density at radius 1 is 1.16 bits per heavy atom. The van der Waals surface area contributed by atoms with Gasteiger partial charge in [-0.2, -0.15) is 0 Å². The molecule has 1 amide bonds. The Morgan fingerprint density at radius 2 is 1.88 bits per heavy atom. The molecule has 43 heavy (non-hydrogen) atoms. The van der Waals surface area contributed by atoms with Crippen LogP contribution in [0.25, 0.3) is 11.3 Å². The monoisotopic (exact) mass is 584 g/mol. The number of pyridine rings is 1. The Labute approximate surface area is 258 Å². The fraction of sp³-hybridized carbons (Fsp3) is 0.486. The third-order valence-electron chi connectivity index (χ3n) is 9.00. The van der Waals surface area contributed by atoms with E-state index in [1.165, 1.54) is 18.9 Å². The SMILES string of the molecule is C=C/C(F)=C(\C=C/C)Nc1nc(-c2ccc3c(c2)N(C2CC(CCC)C2)C(=O)C3(CCC)CCC)cc(N=CCC)c1C. The first kappa shape index (κ1) is 32.4. The number of carbonyl (C=O) groups excluding carboxylic acids is 1. The minimum absolute atomic E-state index is 0.247. The number of hydrogen-bond acceptors (Lipinski definition) is 4. The minimum atomic E-state index is -0.467. The summed E-state index contributed by atoms with van der Waals surface area (Å²) in [6.45, 7) is 16.0. The van der Waals surface area contributed by atoms with Crippen molar-refractivity contribution in [2.45, 2.75) is 111 Å². The fourth-order valence-electron chi connectivity index (χ4n) is 6.90. The van der Waals surface area contributed by atoms with Crippen molar-refractivity contribution >= 4 is 29.3 Å². The van der Waals surface area contributed by atoms with Gasteiger partial charge in [0.15, 0.2) is 0 Å². The summed E-state index contributed by atoms with van der Waals surface area (Å²) in [4.78, 5) is 26.2. The van der Waals surface area contributed by atoms with E-state index >= 15 is 0 Å². The van der Waals surface area contributed by atoms with Crippen LogP contribution in [0.5, 0.6) is 0 Å². The van der Waals surface area contributed by atoms with Gasteiger partial charge in [0, 0.05) is 29.1 Å². The molecule has 0 spiro atoms. The van der Waals surface area contributed by atoms with Crippen molar-refractivity contribution in [2.75, 3.05) is 10.2 Å². The summed E-state index contributed by atoms with van der Waals surface area (Å²) in [6, 6.07) is 8.66. The third kappa shape index (κ3) is 6.39. The summed E-state index contributed by atoms with van der Waals surface area (Å²) in [5, 5.41) is 3.19. The second-order valence-electron chi connectivity index (χ2n) is 12.1. The molecule has 2 heterocycles. The second kappa shape index (κ2) is 14.3. The predicted octanol–water partition coefficient (Wildman–Crippen LogP) is 10.3. The number of allylic oxidation sites excluding steroid dienone is 4. The van der Waals surface area contributed by atoms with Gasteiger partial charge in [0.2, 0.25) is 5.91 Å². The van der Waals surface area contributed by atoms with E-state index < -0.39 is 11.2 Å². The highest BCUT2D eigenvalue weighted by molar-refractivity contribution is 6.09. The molecule has 1 saturated carbocycles. The first-order valence-corrected chi connectivity index (χ1v) is 16.2. The van der Waals surface area contributed by atoms with Gasteiger partial charge >= 0.3 is 0 Å². The Hall–Kier alpha value is -3.54. The molecule has 2 aromatic rings. The Bertz CT molecular complexity index is 1410. The molecule has 1 aliphatic carbocycles. The van der Waals surface area contributed by atoms with E-state index in [-0.39, 0.29) is 17.6 Å². The van der Waals surface area contributed by atoms with Crippen LogP contribution < -0.4 is 10.2 Å².